The van der Waals surface area contributed by atoms with E-state index < -0.39 is 0 Å². The van der Waals surface area contributed by atoms with E-state index in [2.05, 4.69) is 10.5 Å². The monoisotopic (exact) mass is 338 g/mol. The lowest BCUT2D eigenvalue weighted by Gasteiger charge is -2.06. The van der Waals surface area contributed by atoms with E-state index in [1.165, 1.54) is 0 Å². The molecule has 128 valence electrons. The van der Waals surface area contributed by atoms with Gasteiger partial charge in [-0.1, -0.05) is 18.2 Å². The van der Waals surface area contributed by atoms with Crippen LogP contribution in [-0.2, 0) is 4.79 Å². The summed E-state index contributed by atoms with van der Waals surface area (Å²) < 4.78 is 16.1. The molecule has 6 heteroatoms. The molecule has 25 heavy (non-hydrogen) atoms. The van der Waals surface area contributed by atoms with Crippen LogP contribution in [0.2, 0.25) is 0 Å². The van der Waals surface area contributed by atoms with Gasteiger partial charge in [-0.15, -0.1) is 0 Å². The first-order chi connectivity index (χ1) is 12.2. The van der Waals surface area contributed by atoms with E-state index in [1.807, 2.05) is 30.3 Å². The Morgan fingerprint density at radius 3 is 2.56 bits per heavy atom. The zero-order valence-electron chi connectivity index (χ0n) is 14.0. The molecule has 0 aliphatic heterocycles. The number of nitrogens with one attached hydrogen (secondary N) is 1. The molecule has 1 heterocycles. The number of fused-ring (bicyclic) bond motifs is 1. The molecule has 0 saturated carbocycles. The zero-order valence-corrected chi connectivity index (χ0v) is 14.0. The number of ether oxygens (including phenoxy) is 2. The maximum absolute atomic E-state index is 11.8. The number of hydrogen-bond donors (Lipinski definition) is 1. The Balaban J connectivity index is 1.55. The smallest absolute Gasteiger partial charge is 0.277 e. The Morgan fingerprint density at radius 1 is 1.12 bits per heavy atom. The average molecular weight is 338 g/mol. The second-order valence-corrected chi connectivity index (χ2v) is 5.34. The minimum Gasteiger partial charge on any atom is -0.497 e. The molecule has 2 aromatic carbocycles. The number of carbonyl (C=O) groups is 1. The number of amides is 1. The second-order valence-electron chi connectivity index (χ2n) is 5.34. The highest BCUT2D eigenvalue weighted by atomic mass is 16.5. The van der Waals surface area contributed by atoms with E-state index in [-0.39, 0.29) is 12.5 Å². The topological polar surface area (TPSA) is 73.1 Å². The first-order valence-electron chi connectivity index (χ1n) is 7.74. The van der Waals surface area contributed by atoms with Gasteiger partial charge < -0.3 is 13.9 Å². The molecule has 0 fully saturated rings. The number of methoxy groups -OCH3 is 1. The number of carbonyl (C=O) groups excluding carboxylic acids is 1. The first-order valence-corrected chi connectivity index (χ1v) is 7.74. The van der Waals surface area contributed by atoms with E-state index in [1.54, 1.807) is 38.3 Å². The summed E-state index contributed by atoms with van der Waals surface area (Å²) in [6, 6.07) is 16.5. The van der Waals surface area contributed by atoms with Crippen molar-refractivity contribution in [2.24, 2.45) is 5.10 Å². The van der Waals surface area contributed by atoms with Gasteiger partial charge in [-0.25, -0.2) is 5.43 Å². The normalized spacial score (nSPS) is 11.4. The summed E-state index contributed by atoms with van der Waals surface area (Å²) in [4.78, 5) is 11.8. The lowest BCUT2D eigenvalue weighted by atomic mass is 10.2. The van der Waals surface area contributed by atoms with Crippen molar-refractivity contribution in [1.82, 2.24) is 5.43 Å². The standard InChI is InChI=1S/C19H18N2O4/c1-13(18-11-14-5-3-4-6-17(14)25-18)20-21-19(22)12-24-16-9-7-15(23-2)8-10-16/h3-11H,12H2,1-2H3,(H,21,22)/b20-13-. The van der Waals surface area contributed by atoms with Crippen LogP contribution in [0.25, 0.3) is 11.0 Å². The third kappa shape index (κ3) is 4.17. The van der Waals surface area contributed by atoms with E-state index in [4.69, 9.17) is 13.9 Å². The number of hydrazone groups is 1. The van der Waals surface area contributed by atoms with Gasteiger partial charge >= 0.3 is 0 Å². The highest BCUT2D eigenvalue weighted by Gasteiger charge is 2.07. The van der Waals surface area contributed by atoms with Crippen molar-refractivity contribution >= 4 is 22.6 Å². The maximum atomic E-state index is 11.8. The Labute approximate surface area is 145 Å². The first kappa shape index (κ1) is 16.6. The number of benzene rings is 2. The van der Waals surface area contributed by atoms with Gasteiger partial charge in [0.25, 0.3) is 5.91 Å². The fourth-order valence-corrected chi connectivity index (χ4v) is 2.21. The van der Waals surface area contributed by atoms with E-state index in [9.17, 15) is 4.79 Å². The van der Waals surface area contributed by atoms with Gasteiger partial charge in [0.2, 0.25) is 0 Å². The largest absolute Gasteiger partial charge is 0.497 e. The third-order valence-electron chi connectivity index (χ3n) is 3.56. The summed E-state index contributed by atoms with van der Waals surface area (Å²) in [5.74, 6) is 1.56. The van der Waals surface area contributed by atoms with Crippen molar-refractivity contribution in [3.63, 3.8) is 0 Å². The van der Waals surface area contributed by atoms with Crippen LogP contribution in [0, 0.1) is 0 Å². The van der Waals surface area contributed by atoms with Crippen molar-refractivity contribution in [2.75, 3.05) is 13.7 Å². The molecular weight excluding hydrogens is 320 g/mol. The fraction of sp³-hybridized carbons (Fsp3) is 0.158. The van der Waals surface area contributed by atoms with Gasteiger partial charge in [0, 0.05) is 5.39 Å². The molecule has 0 saturated heterocycles. The van der Waals surface area contributed by atoms with Crippen LogP contribution in [0.4, 0.5) is 0 Å². The van der Waals surface area contributed by atoms with E-state index in [0.717, 1.165) is 16.7 Å². The Hall–Kier alpha value is -3.28. The van der Waals surface area contributed by atoms with Gasteiger partial charge in [0.05, 0.1) is 7.11 Å². The highest BCUT2D eigenvalue weighted by molar-refractivity contribution is 6.00. The Morgan fingerprint density at radius 2 is 1.84 bits per heavy atom. The lowest BCUT2D eigenvalue weighted by Crippen LogP contribution is -2.25. The number of para-hydroxylation sites is 1. The van der Waals surface area contributed by atoms with Crippen LogP contribution < -0.4 is 14.9 Å². The SMILES string of the molecule is COc1ccc(OCC(=O)N/N=C(/C)c2cc3ccccc3o2)cc1. The molecule has 1 N–H and O–H groups in total. The number of rotatable bonds is 6. The van der Waals surface area contributed by atoms with E-state index >= 15 is 0 Å². The highest BCUT2D eigenvalue weighted by Crippen LogP contribution is 2.19. The minimum atomic E-state index is -0.355. The summed E-state index contributed by atoms with van der Waals surface area (Å²) >= 11 is 0. The van der Waals surface area contributed by atoms with Crippen molar-refractivity contribution in [3.05, 3.63) is 60.4 Å². The third-order valence-corrected chi connectivity index (χ3v) is 3.56. The van der Waals surface area contributed by atoms with Crippen LogP contribution in [0.5, 0.6) is 11.5 Å². The molecule has 0 unspecified atom stereocenters. The van der Waals surface area contributed by atoms with Crippen molar-refractivity contribution in [2.45, 2.75) is 6.92 Å². The van der Waals surface area contributed by atoms with Crippen molar-refractivity contribution in [3.8, 4) is 11.5 Å². The molecule has 0 aliphatic carbocycles. The van der Waals surface area contributed by atoms with Crippen molar-refractivity contribution in [1.29, 1.82) is 0 Å². The molecule has 3 rings (SSSR count). The molecule has 0 spiro atoms. The van der Waals surface area contributed by atoms with Crippen LogP contribution in [0.1, 0.15) is 12.7 Å². The summed E-state index contributed by atoms with van der Waals surface area (Å²) in [5, 5.41) is 5.04. The predicted molar refractivity (Wildman–Crippen MR) is 95.1 cm³/mol. The van der Waals surface area contributed by atoms with Crippen LogP contribution in [0.3, 0.4) is 0 Å². The van der Waals surface area contributed by atoms with Gasteiger partial charge in [-0.2, -0.15) is 5.10 Å². The molecule has 0 atom stereocenters. The molecule has 1 aromatic heterocycles. The second kappa shape index (κ2) is 7.53. The quantitative estimate of drug-likeness (QED) is 0.552. The number of hydrogen-bond acceptors (Lipinski definition) is 5. The maximum Gasteiger partial charge on any atom is 0.277 e. The average Bonchev–Trinajstić information content (AvgIpc) is 3.09. The summed E-state index contributed by atoms with van der Waals surface area (Å²) in [7, 11) is 1.59. The summed E-state index contributed by atoms with van der Waals surface area (Å²) in [6.07, 6.45) is 0. The van der Waals surface area contributed by atoms with Crippen LogP contribution in [-0.4, -0.2) is 25.3 Å². The fourth-order valence-electron chi connectivity index (χ4n) is 2.21. The van der Waals surface area contributed by atoms with E-state index in [0.29, 0.717) is 17.2 Å². The minimum absolute atomic E-state index is 0.136. The molecule has 0 bridgehead atoms. The van der Waals surface area contributed by atoms with Crippen molar-refractivity contribution < 1.29 is 18.7 Å². The Bertz CT molecular complexity index is 864. The van der Waals surface area contributed by atoms with Crippen LogP contribution >= 0.6 is 0 Å². The molecule has 3 aromatic rings. The van der Waals surface area contributed by atoms with Gasteiger partial charge in [0.1, 0.15) is 22.8 Å². The summed E-state index contributed by atoms with van der Waals surface area (Å²) in [6.45, 7) is 1.63. The summed E-state index contributed by atoms with van der Waals surface area (Å²) in [5.41, 5.74) is 3.81. The molecule has 0 aliphatic rings. The Kier molecular flexibility index (Phi) is 4.99. The molecule has 1 amide bonds. The number of nitrogens with zero attached hydrogens (tertiary/aromatic N) is 1. The number of furan rings is 1. The lowest BCUT2D eigenvalue weighted by molar-refractivity contribution is -0.123. The molecule has 6 nitrogen and oxygen atoms in total. The molecule has 0 radical (unpaired) electrons. The zero-order chi connectivity index (χ0) is 17.6. The van der Waals surface area contributed by atoms with Gasteiger partial charge in [-0.05, 0) is 43.3 Å². The van der Waals surface area contributed by atoms with Crippen LogP contribution in [0.15, 0.2) is 64.1 Å². The predicted octanol–water partition coefficient (Wildman–Crippen LogP) is 3.36. The molecular formula is C19H18N2O4. The van der Waals surface area contributed by atoms with Gasteiger partial charge in [-0.3, -0.25) is 4.79 Å². The van der Waals surface area contributed by atoms with Gasteiger partial charge in [0.15, 0.2) is 12.4 Å².